The van der Waals surface area contributed by atoms with Crippen LogP contribution < -0.4 is 16.0 Å². The predicted molar refractivity (Wildman–Crippen MR) is 118 cm³/mol. The molecule has 26 heavy (non-hydrogen) atoms. The van der Waals surface area contributed by atoms with Gasteiger partial charge in [0.15, 0.2) is 5.96 Å². The van der Waals surface area contributed by atoms with E-state index in [-0.39, 0.29) is 30.1 Å². The number of carbonyl (C=O) groups is 1. The molecule has 1 aliphatic heterocycles. The molecule has 1 atom stereocenters. The lowest BCUT2D eigenvalue weighted by Gasteiger charge is -2.21. The molecule has 8 heteroatoms. The number of carbonyl (C=O) groups excluding carboxylic acids is 1. The summed E-state index contributed by atoms with van der Waals surface area (Å²) in [6.07, 6.45) is 3.11. The second kappa shape index (κ2) is 13.4. The molecule has 1 aliphatic rings. The third-order valence-corrected chi connectivity index (χ3v) is 3.92. The van der Waals surface area contributed by atoms with Gasteiger partial charge >= 0.3 is 6.09 Å². The maximum Gasteiger partial charge on any atom is 0.407 e. The number of alkyl carbamates (subject to hydrolysis) is 1. The zero-order valence-corrected chi connectivity index (χ0v) is 19.4. The first-order chi connectivity index (χ1) is 11.8. The highest BCUT2D eigenvalue weighted by molar-refractivity contribution is 14.0. The van der Waals surface area contributed by atoms with Gasteiger partial charge in [0.05, 0.1) is 0 Å². The number of likely N-dealkylation sites (tertiary alicyclic amines) is 1. The van der Waals surface area contributed by atoms with Crippen LogP contribution in [0.15, 0.2) is 4.99 Å². The molecule has 0 aromatic rings. The molecule has 154 valence electrons. The summed E-state index contributed by atoms with van der Waals surface area (Å²) in [5.41, 5.74) is -0.458. The van der Waals surface area contributed by atoms with Crippen LogP contribution in [0.3, 0.4) is 0 Å². The van der Waals surface area contributed by atoms with Crippen molar-refractivity contribution in [3.8, 4) is 0 Å². The van der Waals surface area contributed by atoms with Crippen molar-refractivity contribution in [3.05, 3.63) is 0 Å². The molecule has 1 saturated heterocycles. The maximum atomic E-state index is 11.5. The van der Waals surface area contributed by atoms with Gasteiger partial charge in [-0.05, 0) is 59.0 Å². The van der Waals surface area contributed by atoms with E-state index in [1.54, 1.807) is 7.05 Å². The van der Waals surface area contributed by atoms with Crippen LogP contribution >= 0.6 is 24.0 Å². The van der Waals surface area contributed by atoms with E-state index in [4.69, 9.17) is 4.74 Å². The number of halogens is 1. The second-order valence-corrected chi connectivity index (χ2v) is 7.77. The fourth-order valence-corrected chi connectivity index (χ4v) is 2.76. The molecular formula is C18H38IN5O2. The number of amides is 1. The highest BCUT2D eigenvalue weighted by Gasteiger charge is 2.16. The number of guanidine groups is 1. The SMILES string of the molecule is CN=C(NCCCNC(=O)OC(C)(C)C)NCC(C)CN1CCCC1.I. The van der Waals surface area contributed by atoms with E-state index in [9.17, 15) is 4.79 Å². The van der Waals surface area contributed by atoms with E-state index in [1.165, 1.54) is 25.9 Å². The first-order valence-electron chi connectivity index (χ1n) is 9.44. The normalized spacial score (nSPS) is 16.6. The van der Waals surface area contributed by atoms with E-state index in [0.717, 1.165) is 32.0 Å². The van der Waals surface area contributed by atoms with E-state index in [1.807, 2.05) is 20.8 Å². The third kappa shape index (κ3) is 12.6. The van der Waals surface area contributed by atoms with Crippen molar-refractivity contribution < 1.29 is 9.53 Å². The number of rotatable bonds is 8. The monoisotopic (exact) mass is 483 g/mol. The largest absolute Gasteiger partial charge is 0.444 e. The van der Waals surface area contributed by atoms with E-state index >= 15 is 0 Å². The van der Waals surface area contributed by atoms with Crippen LogP contribution in [0.2, 0.25) is 0 Å². The second-order valence-electron chi connectivity index (χ2n) is 7.77. The average Bonchev–Trinajstić information content (AvgIpc) is 3.01. The number of nitrogens with one attached hydrogen (secondary N) is 3. The van der Waals surface area contributed by atoms with Crippen molar-refractivity contribution >= 4 is 36.0 Å². The zero-order valence-electron chi connectivity index (χ0n) is 17.1. The van der Waals surface area contributed by atoms with Gasteiger partial charge < -0.3 is 25.6 Å². The predicted octanol–water partition coefficient (Wildman–Crippen LogP) is 2.42. The summed E-state index contributed by atoms with van der Waals surface area (Å²) in [4.78, 5) is 18.3. The molecule has 0 aromatic heterocycles. The molecule has 1 amide bonds. The summed E-state index contributed by atoms with van der Waals surface area (Å²) < 4.78 is 5.20. The Hall–Kier alpha value is -0.770. The Bertz CT molecular complexity index is 420. The van der Waals surface area contributed by atoms with Gasteiger partial charge in [-0.1, -0.05) is 6.92 Å². The third-order valence-electron chi connectivity index (χ3n) is 3.92. The Morgan fingerprint density at radius 1 is 1.15 bits per heavy atom. The minimum atomic E-state index is -0.458. The number of aliphatic imine (C=N–C) groups is 1. The van der Waals surface area contributed by atoms with Crippen molar-refractivity contribution in [1.82, 2.24) is 20.9 Å². The molecule has 0 bridgehead atoms. The number of nitrogens with zero attached hydrogens (tertiary/aromatic N) is 2. The van der Waals surface area contributed by atoms with Crippen molar-refractivity contribution in [2.75, 3.05) is 46.3 Å². The minimum Gasteiger partial charge on any atom is -0.444 e. The van der Waals surface area contributed by atoms with Crippen LogP contribution in [0, 0.1) is 5.92 Å². The standard InChI is InChI=1S/C18H37N5O2.HI/c1-15(14-23-11-6-7-12-23)13-22-16(19-5)20-9-8-10-21-17(24)25-18(2,3)4;/h15H,6-14H2,1-5H3,(H,21,24)(H2,19,20,22);1H. The van der Waals surface area contributed by atoms with Crippen molar-refractivity contribution in [2.24, 2.45) is 10.9 Å². The molecule has 0 saturated carbocycles. The van der Waals surface area contributed by atoms with Gasteiger partial charge in [0.25, 0.3) is 0 Å². The van der Waals surface area contributed by atoms with Gasteiger partial charge in [0.2, 0.25) is 0 Å². The quantitative estimate of drug-likeness (QED) is 0.214. The molecule has 7 nitrogen and oxygen atoms in total. The molecule has 1 unspecified atom stereocenters. The summed E-state index contributed by atoms with van der Waals surface area (Å²) in [6, 6.07) is 0. The molecule has 1 heterocycles. The molecule has 0 aromatic carbocycles. The van der Waals surface area contributed by atoms with Crippen molar-refractivity contribution in [1.29, 1.82) is 0 Å². The molecule has 0 aliphatic carbocycles. The van der Waals surface area contributed by atoms with Gasteiger partial charge in [-0.25, -0.2) is 4.79 Å². The average molecular weight is 483 g/mol. The Labute approximate surface area is 176 Å². The van der Waals surface area contributed by atoms with E-state index in [0.29, 0.717) is 12.5 Å². The Kier molecular flexibility index (Phi) is 13.0. The lowest BCUT2D eigenvalue weighted by molar-refractivity contribution is 0.0527. The van der Waals surface area contributed by atoms with Gasteiger partial charge in [-0.2, -0.15) is 0 Å². The highest BCUT2D eigenvalue weighted by atomic mass is 127. The zero-order chi connectivity index (χ0) is 18.7. The lowest BCUT2D eigenvalue weighted by Crippen LogP contribution is -2.42. The van der Waals surface area contributed by atoms with Crippen LogP contribution in [0.25, 0.3) is 0 Å². The van der Waals surface area contributed by atoms with Crippen LogP contribution in [0.5, 0.6) is 0 Å². The van der Waals surface area contributed by atoms with Crippen molar-refractivity contribution in [3.63, 3.8) is 0 Å². The van der Waals surface area contributed by atoms with Gasteiger partial charge in [-0.3, -0.25) is 4.99 Å². The Morgan fingerprint density at radius 3 is 2.35 bits per heavy atom. The summed E-state index contributed by atoms with van der Waals surface area (Å²) in [5.74, 6) is 1.40. The smallest absolute Gasteiger partial charge is 0.407 e. The molecule has 3 N–H and O–H groups in total. The van der Waals surface area contributed by atoms with E-state index < -0.39 is 5.60 Å². The highest BCUT2D eigenvalue weighted by Crippen LogP contribution is 2.09. The van der Waals surface area contributed by atoms with Gasteiger partial charge in [0, 0.05) is 33.2 Å². The summed E-state index contributed by atoms with van der Waals surface area (Å²) in [7, 11) is 1.78. The molecule has 0 spiro atoms. The lowest BCUT2D eigenvalue weighted by atomic mass is 10.1. The maximum absolute atomic E-state index is 11.5. The summed E-state index contributed by atoms with van der Waals surface area (Å²) in [5, 5.41) is 9.40. The summed E-state index contributed by atoms with van der Waals surface area (Å²) in [6.45, 7) is 13.7. The summed E-state index contributed by atoms with van der Waals surface area (Å²) >= 11 is 0. The number of hydrogen-bond acceptors (Lipinski definition) is 4. The first kappa shape index (κ1) is 25.2. The minimum absolute atomic E-state index is 0. The van der Waals surface area contributed by atoms with Gasteiger partial charge in [-0.15, -0.1) is 24.0 Å². The van der Waals surface area contributed by atoms with Crippen molar-refractivity contribution in [2.45, 2.75) is 52.6 Å². The fourth-order valence-electron chi connectivity index (χ4n) is 2.76. The Morgan fingerprint density at radius 2 is 1.77 bits per heavy atom. The number of ether oxygens (including phenoxy) is 1. The van der Waals surface area contributed by atoms with Crippen LogP contribution in [0.4, 0.5) is 4.79 Å². The Balaban J connectivity index is 0.00000625. The number of hydrogen-bond donors (Lipinski definition) is 3. The van der Waals surface area contributed by atoms with Gasteiger partial charge in [0.1, 0.15) is 5.60 Å². The molecular weight excluding hydrogens is 445 g/mol. The van der Waals surface area contributed by atoms with Crippen LogP contribution in [-0.2, 0) is 4.74 Å². The molecule has 1 fully saturated rings. The van der Waals surface area contributed by atoms with E-state index in [2.05, 4.69) is 32.8 Å². The first-order valence-corrected chi connectivity index (χ1v) is 9.44. The fraction of sp³-hybridized carbons (Fsp3) is 0.889. The van der Waals surface area contributed by atoms with Crippen LogP contribution in [0.1, 0.15) is 47.0 Å². The molecule has 0 radical (unpaired) electrons. The van der Waals surface area contributed by atoms with Crippen LogP contribution in [-0.4, -0.2) is 68.9 Å². The molecule has 1 rings (SSSR count). The topological polar surface area (TPSA) is 78.0 Å².